The normalized spacial score (nSPS) is 12.7. The largest absolute Gasteiger partial charge is 0.486 e. The van der Waals surface area contributed by atoms with Gasteiger partial charge in [0.1, 0.15) is 13.2 Å². The van der Waals surface area contributed by atoms with Crippen molar-refractivity contribution in [3.63, 3.8) is 0 Å². The van der Waals surface area contributed by atoms with E-state index in [-0.39, 0.29) is 12.5 Å². The van der Waals surface area contributed by atoms with Crippen LogP contribution < -0.4 is 14.8 Å². The second-order valence-corrected chi connectivity index (χ2v) is 6.67. The maximum absolute atomic E-state index is 12.1. The second kappa shape index (κ2) is 8.61. The Bertz CT molecular complexity index is 910. The second-order valence-electron chi connectivity index (χ2n) is 6.67. The van der Waals surface area contributed by atoms with Crippen LogP contribution in [0.25, 0.3) is 6.08 Å². The van der Waals surface area contributed by atoms with Crippen molar-refractivity contribution in [2.24, 2.45) is 0 Å². The van der Waals surface area contributed by atoms with Crippen LogP contribution in [0.2, 0.25) is 0 Å². The zero-order valence-corrected chi connectivity index (χ0v) is 16.2. The molecule has 3 rings (SSSR count). The van der Waals surface area contributed by atoms with Crippen LogP contribution >= 0.6 is 0 Å². The number of carbonyl (C=O) groups excluding carboxylic acids is 2. The fourth-order valence-corrected chi connectivity index (χ4v) is 3.07. The van der Waals surface area contributed by atoms with E-state index in [1.165, 1.54) is 6.08 Å². The molecule has 0 spiro atoms. The Morgan fingerprint density at radius 2 is 1.71 bits per heavy atom. The van der Waals surface area contributed by atoms with E-state index in [0.717, 1.165) is 27.9 Å². The molecule has 0 aliphatic carbocycles. The Labute approximate surface area is 164 Å². The van der Waals surface area contributed by atoms with Gasteiger partial charge in [-0.1, -0.05) is 23.8 Å². The van der Waals surface area contributed by atoms with E-state index in [1.807, 2.05) is 39.0 Å². The first kappa shape index (κ1) is 19.5. The number of hydrogen-bond acceptors (Lipinski definition) is 5. The van der Waals surface area contributed by atoms with E-state index in [9.17, 15) is 9.59 Å². The number of hydrogen-bond donors (Lipinski definition) is 1. The van der Waals surface area contributed by atoms with Crippen molar-refractivity contribution in [2.45, 2.75) is 20.8 Å². The summed E-state index contributed by atoms with van der Waals surface area (Å²) < 4.78 is 16.0. The number of ether oxygens (including phenoxy) is 3. The van der Waals surface area contributed by atoms with Gasteiger partial charge in [0, 0.05) is 11.8 Å². The molecule has 0 fully saturated rings. The van der Waals surface area contributed by atoms with Crippen LogP contribution in [0.4, 0.5) is 5.69 Å². The highest BCUT2D eigenvalue weighted by Crippen LogP contribution is 2.31. The zero-order valence-electron chi connectivity index (χ0n) is 16.2. The summed E-state index contributed by atoms with van der Waals surface area (Å²) in [5, 5.41) is 2.80. The molecule has 2 aromatic carbocycles. The molecular weight excluding hydrogens is 358 g/mol. The number of carbonyl (C=O) groups is 2. The van der Waals surface area contributed by atoms with Crippen LogP contribution in [0.1, 0.15) is 22.3 Å². The summed E-state index contributed by atoms with van der Waals surface area (Å²) in [5.74, 6) is 0.354. The number of fused-ring (bicyclic) bond motifs is 1. The SMILES string of the molecule is Cc1cc(C)c(NC(=O)COC(=O)/C=C/c2ccc3c(c2)OCCO3)c(C)c1. The number of rotatable bonds is 5. The summed E-state index contributed by atoms with van der Waals surface area (Å²) in [5.41, 5.74) is 4.59. The molecule has 1 heterocycles. The number of benzene rings is 2. The zero-order chi connectivity index (χ0) is 20.1. The molecule has 2 aromatic rings. The Morgan fingerprint density at radius 3 is 2.43 bits per heavy atom. The van der Waals surface area contributed by atoms with Crippen molar-refractivity contribution in [2.75, 3.05) is 25.1 Å². The number of anilines is 1. The summed E-state index contributed by atoms with van der Waals surface area (Å²) in [6, 6.07) is 9.37. The smallest absolute Gasteiger partial charge is 0.331 e. The Hall–Kier alpha value is -3.28. The molecule has 28 heavy (non-hydrogen) atoms. The first-order valence-electron chi connectivity index (χ1n) is 9.04. The summed E-state index contributed by atoms with van der Waals surface area (Å²) in [7, 11) is 0. The van der Waals surface area contributed by atoms with E-state index in [4.69, 9.17) is 14.2 Å². The van der Waals surface area contributed by atoms with Crippen LogP contribution in [-0.4, -0.2) is 31.7 Å². The fraction of sp³-hybridized carbons (Fsp3) is 0.273. The third-order valence-electron chi connectivity index (χ3n) is 4.27. The first-order chi connectivity index (χ1) is 13.4. The van der Waals surface area contributed by atoms with Gasteiger partial charge in [-0.25, -0.2) is 4.79 Å². The van der Waals surface area contributed by atoms with Crippen LogP contribution in [0, 0.1) is 20.8 Å². The lowest BCUT2D eigenvalue weighted by Gasteiger charge is -2.18. The van der Waals surface area contributed by atoms with E-state index in [1.54, 1.807) is 18.2 Å². The van der Waals surface area contributed by atoms with Crippen molar-refractivity contribution in [1.29, 1.82) is 0 Å². The van der Waals surface area contributed by atoms with Gasteiger partial charge in [-0.15, -0.1) is 0 Å². The summed E-state index contributed by atoms with van der Waals surface area (Å²) in [4.78, 5) is 24.0. The van der Waals surface area contributed by atoms with Gasteiger partial charge in [0.25, 0.3) is 5.91 Å². The van der Waals surface area contributed by atoms with Gasteiger partial charge in [-0.05, 0) is 55.7 Å². The van der Waals surface area contributed by atoms with Crippen LogP contribution in [0.5, 0.6) is 11.5 Å². The molecule has 1 aliphatic rings. The van der Waals surface area contributed by atoms with E-state index in [2.05, 4.69) is 5.32 Å². The highest BCUT2D eigenvalue weighted by Gasteiger charge is 2.12. The van der Waals surface area contributed by atoms with Crippen molar-refractivity contribution < 1.29 is 23.8 Å². The molecule has 1 aliphatic heterocycles. The van der Waals surface area contributed by atoms with Gasteiger partial charge >= 0.3 is 5.97 Å². The number of aryl methyl sites for hydroxylation is 3. The van der Waals surface area contributed by atoms with Crippen molar-refractivity contribution in [3.8, 4) is 11.5 Å². The monoisotopic (exact) mass is 381 g/mol. The van der Waals surface area contributed by atoms with Crippen molar-refractivity contribution in [1.82, 2.24) is 0 Å². The predicted octanol–water partition coefficient (Wildman–Crippen LogP) is 3.58. The molecule has 1 N–H and O–H groups in total. The lowest BCUT2D eigenvalue weighted by atomic mass is 10.1. The Balaban J connectivity index is 1.53. The molecule has 6 nitrogen and oxygen atoms in total. The summed E-state index contributed by atoms with van der Waals surface area (Å²) in [6.07, 6.45) is 2.88. The van der Waals surface area contributed by atoms with Gasteiger partial charge < -0.3 is 19.5 Å². The molecule has 0 saturated carbocycles. The lowest BCUT2D eigenvalue weighted by Crippen LogP contribution is -2.21. The minimum absolute atomic E-state index is 0.350. The average molecular weight is 381 g/mol. The topological polar surface area (TPSA) is 73.9 Å². The average Bonchev–Trinajstić information content (AvgIpc) is 2.67. The van der Waals surface area contributed by atoms with Crippen molar-refractivity contribution in [3.05, 3.63) is 58.7 Å². The fourth-order valence-electron chi connectivity index (χ4n) is 3.07. The highest BCUT2D eigenvalue weighted by atomic mass is 16.6. The Morgan fingerprint density at radius 1 is 1.04 bits per heavy atom. The maximum atomic E-state index is 12.1. The molecule has 0 radical (unpaired) electrons. The molecule has 1 amide bonds. The van der Waals surface area contributed by atoms with Gasteiger partial charge in [0.2, 0.25) is 0 Å². The summed E-state index contributed by atoms with van der Waals surface area (Å²) >= 11 is 0. The van der Waals surface area contributed by atoms with Crippen molar-refractivity contribution >= 4 is 23.6 Å². The van der Waals surface area contributed by atoms with Crippen LogP contribution in [0.15, 0.2) is 36.4 Å². The molecule has 0 aromatic heterocycles. The summed E-state index contributed by atoms with van der Waals surface area (Å²) in [6.45, 7) is 6.53. The maximum Gasteiger partial charge on any atom is 0.331 e. The first-order valence-corrected chi connectivity index (χ1v) is 9.04. The molecule has 0 atom stereocenters. The molecule has 0 unspecified atom stereocenters. The highest BCUT2D eigenvalue weighted by molar-refractivity contribution is 5.95. The van der Waals surface area contributed by atoms with E-state index >= 15 is 0 Å². The number of nitrogens with one attached hydrogen (secondary N) is 1. The predicted molar refractivity (Wildman–Crippen MR) is 107 cm³/mol. The van der Waals surface area contributed by atoms with Gasteiger partial charge in [-0.3, -0.25) is 4.79 Å². The molecule has 0 saturated heterocycles. The molecule has 6 heteroatoms. The third-order valence-corrected chi connectivity index (χ3v) is 4.27. The standard InChI is InChI=1S/C22H23NO5/c1-14-10-15(2)22(16(3)11-14)23-20(24)13-28-21(25)7-5-17-4-6-18-19(12-17)27-9-8-26-18/h4-7,10-12H,8-9,13H2,1-3H3,(H,23,24)/b7-5+. The van der Waals surface area contributed by atoms with Crippen LogP contribution in [-0.2, 0) is 14.3 Å². The van der Waals surface area contributed by atoms with E-state index in [0.29, 0.717) is 24.7 Å². The minimum atomic E-state index is -0.595. The lowest BCUT2D eigenvalue weighted by molar-refractivity contribution is -0.142. The number of esters is 1. The van der Waals surface area contributed by atoms with Crippen LogP contribution in [0.3, 0.4) is 0 Å². The van der Waals surface area contributed by atoms with E-state index < -0.39 is 5.97 Å². The number of amides is 1. The van der Waals surface area contributed by atoms with Gasteiger partial charge in [-0.2, -0.15) is 0 Å². The third kappa shape index (κ3) is 4.91. The molecular formula is C22H23NO5. The quantitative estimate of drug-likeness (QED) is 0.633. The molecule has 0 bridgehead atoms. The van der Waals surface area contributed by atoms with Gasteiger partial charge in [0.05, 0.1) is 0 Å². The molecule has 146 valence electrons. The minimum Gasteiger partial charge on any atom is -0.486 e. The van der Waals surface area contributed by atoms with Gasteiger partial charge in [0.15, 0.2) is 18.1 Å². The Kier molecular flexibility index (Phi) is 5.99.